The minimum absolute atomic E-state index is 0.261. The number of rotatable bonds is 6. The summed E-state index contributed by atoms with van der Waals surface area (Å²) in [7, 11) is 3.99. The van der Waals surface area contributed by atoms with E-state index in [9.17, 15) is 4.79 Å². The van der Waals surface area contributed by atoms with Crippen molar-refractivity contribution in [1.29, 1.82) is 0 Å². The van der Waals surface area contributed by atoms with E-state index in [4.69, 9.17) is 9.15 Å². The van der Waals surface area contributed by atoms with E-state index < -0.39 is 5.60 Å². The second kappa shape index (κ2) is 8.67. The molecule has 0 radical (unpaired) electrons. The Kier molecular flexibility index (Phi) is 5.93. The number of nitrogens with zero attached hydrogens (tertiary/aromatic N) is 2. The van der Waals surface area contributed by atoms with Gasteiger partial charge in [0.15, 0.2) is 11.2 Å². The van der Waals surface area contributed by atoms with Crippen LogP contribution in [0.3, 0.4) is 0 Å². The van der Waals surface area contributed by atoms with Crippen LogP contribution >= 0.6 is 15.9 Å². The predicted molar refractivity (Wildman–Crippen MR) is 131 cm³/mol. The van der Waals surface area contributed by atoms with Gasteiger partial charge in [-0.3, -0.25) is 4.79 Å². The Morgan fingerprint density at radius 3 is 2.38 bits per heavy atom. The van der Waals surface area contributed by atoms with Gasteiger partial charge in [0.2, 0.25) is 5.89 Å². The molecule has 0 bridgehead atoms. The lowest BCUT2D eigenvalue weighted by Crippen LogP contribution is -2.42. The lowest BCUT2D eigenvalue weighted by atomic mass is 10.1. The highest BCUT2D eigenvalue weighted by Crippen LogP contribution is 2.28. The van der Waals surface area contributed by atoms with Crippen molar-refractivity contribution < 1.29 is 13.9 Å². The summed E-state index contributed by atoms with van der Waals surface area (Å²) in [5, 5.41) is 2.91. The zero-order valence-corrected chi connectivity index (χ0v) is 19.9. The molecule has 0 fully saturated rings. The van der Waals surface area contributed by atoms with Crippen molar-refractivity contribution in [2.45, 2.75) is 19.4 Å². The number of carbonyl (C=O) groups excluding carboxylic acids is 1. The number of anilines is 2. The van der Waals surface area contributed by atoms with Gasteiger partial charge in [-0.25, -0.2) is 4.98 Å². The van der Waals surface area contributed by atoms with E-state index in [0.29, 0.717) is 28.4 Å². The van der Waals surface area contributed by atoms with Gasteiger partial charge in [-0.05, 0) is 80.6 Å². The summed E-state index contributed by atoms with van der Waals surface area (Å²) in [5.74, 6) is 0.890. The molecule has 1 N–H and O–H groups in total. The fraction of sp³-hybridized carbons (Fsp3) is 0.200. The van der Waals surface area contributed by atoms with Crippen molar-refractivity contribution in [3.8, 4) is 17.2 Å². The van der Waals surface area contributed by atoms with Crippen LogP contribution in [0, 0.1) is 0 Å². The minimum Gasteiger partial charge on any atom is -0.478 e. The summed E-state index contributed by atoms with van der Waals surface area (Å²) >= 11 is 3.39. The fourth-order valence-corrected chi connectivity index (χ4v) is 3.42. The quantitative estimate of drug-likeness (QED) is 0.350. The van der Waals surface area contributed by atoms with Gasteiger partial charge >= 0.3 is 0 Å². The van der Waals surface area contributed by atoms with Crippen LogP contribution < -0.4 is 15.0 Å². The topological polar surface area (TPSA) is 67.6 Å². The first-order valence-electron chi connectivity index (χ1n) is 10.2. The molecule has 0 spiro atoms. The van der Waals surface area contributed by atoms with Crippen LogP contribution in [0.4, 0.5) is 11.4 Å². The van der Waals surface area contributed by atoms with Gasteiger partial charge in [0.05, 0.1) is 0 Å². The molecule has 0 unspecified atom stereocenters. The molecule has 1 heterocycles. The Morgan fingerprint density at radius 1 is 1.03 bits per heavy atom. The predicted octanol–water partition coefficient (Wildman–Crippen LogP) is 6.12. The van der Waals surface area contributed by atoms with E-state index >= 15 is 0 Å². The molecule has 0 aliphatic rings. The SMILES string of the molecule is CN(C)c1ccc(-c2nc3cc(NC(=O)C(C)(C)Oc4ccc(Br)cc4)ccc3o2)cc1. The largest absolute Gasteiger partial charge is 0.478 e. The lowest BCUT2D eigenvalue weighted by Gasteiger charge is -2.25. The Hall–Kier alpha value is -3.32. The Morgan fingerprint density at radius 2 is 1.72 bits per heavy atom. The van der Waals surface area contributed by atoms with Crippen molar-refractivity contribution in [2.75, 3.05) is 24.3 Å². The average molecular weight is 494 g/mol. The molecule has 164 valence electrons. The third-order valence-corrected chi connectivity index (χ3v) is 5.54. The lowest BCUT2D eigenvalue weighted by molar-refractivity contribution is -0.128. The highest BCUT2D eigenvalue weighted by Gasteiger charge is 2.30. The average Bonchev–Trinajstić information content (AvgIpc) is 3.18. The third-order valence-electron chi connectivity index (χ3n) is 5.01. The molecular weight excluding hydrogens is 470 g/mol. The van der Waals surface area contributed by atoms with Crippen molar-refractivity contribution in [3.63, 3.8) is 0 Å². The molecule has 0 atom stereocenters. The number of nitrogens with one attached hydrogen (secondary N) is 1. The number of fused-ring (bicyclic) bond motifs is 1. The molecule has 4 aromatic rings. The molecule has 1 amide bonds. The van der Waals surface area contributed by atoms with Gasteiger partial charge < -0.3 is 19.4 Å². The molecule has 0 aliphatic heterocycles. The van der Waals surface area contributed by atoms with E-state index in [1.165, 1.54) is 0 Å². The zero-order valence-electron chi connectivity index (χ0n) is 18.3. The van der Waals surface area contributed by atoms with Crippen LogP contribution in [-0.2, 0) is 4.79 Å². The van der Waals surface area contributed by atoms with Gasteiger partial charge in [-0.15, -0.1) is 0 Å². The van der Waals surface area contributed by atoms with E-state index in [-0.39, 0.29) is 5.91 Å². The van der Waals surface area contributed by atoms with Crippen LogP contribution in [0.15, 0.2) is 75.6 Å². The molecular formula is C25H24BrN3O3. The first-order chi connectivity index (χ1) is 15.2. The van der Waals surface area contributed by atoms with Crippen LogP contribution in [0.2, 0.25) is 0 Å². The second-order valence-electron chi connectivity index (χ2n) is 8.16. The van der Waals surface area contributed by atoms with Crippen LogP contribution in [0.1, 0.15) is 13.8 Å². The van der Waals surface area contributed by atoms with E-state index in [1.54, 1.807) is 32.0 Å². The summed E-state index contributed by atoms with van der Waals surface area (Å²) in [5.41, 5.74) is 2.87. The number of hydrogen-bond donors (Lipinski definition) is 1. The van der Waals surface area contributed by atoms with Gasteiger partial charge in [0.25, 0.3) is 5.91 Å². The van der Waals surface area contributed by atoms with Crippen molar-refractivity contribution in [2.24, 2.45) is 0 Å². The molecule has 6 nitrogen and oxygen atoms in total. The number of amides is 1. The molecule has 0 saturated heterocycles. The van der Waals surface area contributed by atoms with E-state index in [1.807, 2.05) is 67.5 Å². The van der Waals surface area contributed by atoms with Gasteiger partial charge in [0, 0.05) is 35.5 Å². The van der Waals surface area contributed by atoms with Gasteiger partial charge in [0.1, 0.15) is 11.3 Å². The van der Waals surface area contributed by atoms with Crippen LogP contribution in [0.5, 0.6) is 5.75 Å². The monoisotopic (exact) mass is 493 g/mol. The highest BCUT2D eigenvalue weighted by molar-refractivity contribution is 9.10. The number of oxazole rings is 1. The normalized spacial score (nSPS) is 11.4. The smallest absolute Gasteiger partial charge is 0.267 e. The molecule has 3 aromatic carbocycles. The Labute approximate surface area is 195 Å². The highest BCUT2D eigenvalue weighted by atomic mass is 79.9. The Balaban J connectivity index is 1.50. The molecule has 7 heteroatoms. The third kappa shape index (κ3) is 4.78. The van der Waals surface area contributed by atoms with Gasteiger partial charge in [-0.1, -0.05) is 15.9 Å². The first kappa shape index (κ1) is 21.9. The second-order valence-corrected chi connectivity index (χ2v) is 9.08. The number of benzene rings is 3. The Bertz CT molecular complexity index is 1250. The summed E-state index contributed by atoms with van der Waals surface area (Å²) in [6.07, 6.45) is 0. The van der Waals surface area contributed by atoms with Crippen LogP contribution in [0.25, 0.3) is 22.6 Å². The summed E-state index contributed by atoms with van der Waals surface area (Å²) < 4.78 is 12.7. The maximum Gasteiger partial charge on any atom is 0.267 e. The molecule has 4 rings (SSSR count). The number of aromatic nitrogens is 1. The first-order valence-corrected chi connectivity index (χ1v) is 10.9. The maximum atomic E-state index is 12.9. The van der Waals surface area contributed by atoms with E-state index in [2.05, 4.69) is 26.2 Å². The summed E-state index contributed by atoms with van der Waals surface area (Å²) in [6, 6.07) is 20.7. The number of ether oxygens (including phenoxy) is 1. The number of halogens is 1. The fourth-order valence-electron chi connectivity index (χ4n) is 3.16. The maximum absolute atomic E-state index is 12.9. The summed E-state index contributed by atoms with van der Waals surface area (Å²) in [4.78, 5) is 19.5. The van der Waals surface area contributed by atoms with Crippen LogP contribution in [-0.4, -0.2) is 30.6 Å². The van der Waals surface area contributed by atoms with E-state index in [0.717, 1.165) is 15.7 Å². The van der Waals surface area contributed by atoms with Crippen molar-refractivity contribution >= 4 is 44.3 Å². The summed E-state index contributed by atoms with van der Waals surface area (Å²) in [6.45, 7) is 3.46. The molecule has 1 aromatic heterocycles. The van der Waals surface area contributed by atoms with Crippen molar-refractivity contribution in [3.05, 3.63) is 71.2 Å². The van der Waals surface area contributed by atoms with Crippen molar-refractivity contribution in [1.82, 2.24) is 4.98 Å². The zero-order chi connectivity index (χ0) is 22.9. The molecule has 32 heavy (non-hydrogen) atoms. The number of carbonyl (C=O) groups is 1. The molecule has 0 saturated carbocycles. The standard InChI is InChI=1S/C25H24BrN3O3/c1-25(2,32-20-12-7-17(26)8-13-20)24(30)27-18-9-14-22-21(15-18)28-23(31-22)16-5-10-19(11-6-16)29(3)4/h5-15H,1-4H3,(H,27,30). The minimum atomic E-state index is -1.06. The molecule has 0 aliphatic carbocycles. The van der Waals surface area contributed by atoms with Gasteiger partial charge in [-0.2, -0.15) is 0 Å². The number of hydrogen-bond acceptors (Lipinski definition) is 5.